The Hall–Kier alpha value is -4.15. The van der Waals surface area contributed by atoms with Gasteiger partial charge in [0.05, 0.1) is 17.3 Å². The zero-order valence-electron chi connectivity index (χ0n) is 16.6. The molecule has 0 radical (unpaired) electrons. The highest BCUT2D eigenvalue weighted by atomic mass is 19.1. The number of nitrogens with zero attached hydrogens (tertiary/aromatic N) is 5. The van der Waals surface area contributed by atoms with Gasteiger partial charge in [0.25, 0.3) is 5.56 Å². The maximum absolute atomic E-state index is 13.0. The van der Waals surface area contributed by atoms with E-state index in [0.29, 0.717) is 17.1 Å². The van der Waals surface area contributed by atoms with Crippen molar-refractivity contribution in [2.45, 2.75) is 12.8 Å². The highest BCUT2D eigenvalue weighted by Crippen LogP contribution is 2.17. The predicted molar refractivity (Wildman–Crippen MR) is 109 cm³/mol. The molecule has 0 bridgehead atoms. The first-order valence-corrected chi connectivity index (χ1v) is 9.27. The van der Waals surface area contributed by atoms with Gasteiger partial charge in [0.2, 0.25) is 17.6 Å². The van der Waals surface area contributed by atoms with Crippen molar-refractivity contribution >= 4 is 22.6 Å². The second kappa shape index (κ2) is 7.94. The van der Waals surface area contributed by atoms with E-state index in [1.807, 2.05) is 0 Å². The Balaban J connectivity index is 1.45. The van der Waals surface area contributed by atoms with Crippen LogP contribution in [0.15, 0.2) is 50.6 Å². The minimum Gasteiger partial charge on any atom is -0.339 e. The molecule has 3 heterocycles. The SMILES string of the molecule is Cn1c(=O)c2cc(NC(=O)CCc3nc(-c4ccc(F)cc4)no3)cnc2n(C)c1=O. The molecule has 11 heteroatoms. The maximum atomic E-state index is 13.0. The predicted octanol–water partition coefficient (Wildman–Crippen LogP) is 1.39. The first-order chi connectivity index (χ1) is 14.8. The molecule has 0 spiro atoms. The molecule has 4 rings (SSSR count). The van der Waals surface area contributed by atoms with Gasteiger partial charge in [-0.25, -0.2) is 14.2 Å². The smallest absolute Gasteiger partial charge is 0.332 e. The van der Waals surface area contributed by atoms with Gasteiger partial charge in [0.15, 0.2) is 0 Å². The van der Waals surface area contributed by atoms with E-state index in [2.05, 4.69) is 20.4 Å². The summed E-state index contributed by atoms with van der Waals surface area (Å²) in [6, 6.07) is 7.12. The van der Waals surface area contributed by atoms with E-state index in [9.17, 15) is 18.8 Å². The van der Waals surface area contributed by atoms with E-state index in [1.165, 1.54) is 55.2 Å². The summed E-state index contributed by atoms with van der Waals surface area (Å²) in [7, 11) is 2.89. The number of rotatable bonds is 5. The lowest BCUT2D eigenvalue weighted by Gasteiger charge is -2.09. The summed E-state index contributed by atoms with van der Waals surface area (Å²) < 4.78 is 20.4. The van der Waals surface area contributed by atoms with Crippen LogP contribution in [0.2, 0.25) is 0 Å². The maximum Gasteiger partial charge on any atom is 0.332 e. The van der Waals surface area contributed by atoms with Gasteiger partial charge in [0, 0.05) is 32.5 Å². The van der Waals surface area contributed by atoms with Crippen LogP contribution >= 0.6 is 0 Å². The van der Waals surface area contributed by atoms with E-state index < -0.39 is 11.2 Å². The van der Waals surface area contributed by atoms with Gasteiger partial charge in [-0.2, -0.15) is 4.98 Å². The summed E-state index contributed by atoms with van der Waals surface area (Å²) in [5.74, 6) is -0.151. The van der Waals surface area contributed by atoms with E-state index >= 15 is 0 Å². The molecule has 31 heavy (non-hydrogen) atoms. The number of anilines is 1. The second-order valence-corrected chi connectivity index (χ2v) is 6.87. The van der Waals surface area contributed by atoms with Crippen LogP contribution in [0.3, 0.4) is 0 Å². The Morgan fingerprint density at radius 1 is 1.16 bits per heavy atom. The van der Waals surface area contributed by atoms with Crippen molar-refractivity contribution in [3.05, 3.63) is 69.1 Å². The average molecular weight is 424 g/mol. The lowest BCUT2D eigenvalue weighted by molar-refractivity contribution is -0.116. The number of hydrogen-bond donors (Lipinski definition) is 1. The van der Waals surface area contributed by atoms with Crippen molar-refractivity contribution in [3.8, 4) is 11.4 Å². The van der Waals surface area contributed by atoms with Crippen molar-refractivity contribution < 1.29 is 13.7 Å². The van der Waals surface area contributed by atoms with Crippen molar-refractivity contribution in [3.63, 3.8) is 0 Å². The number of fused-ring (bicyclic) bond motifs is 1. The van der Waals surface area contributed by atoms with Crippen LogP contribution < -0.4 is 16.6 Å². The van der Waals surface area contributed by atoms with Crippen LogP contribution in [0.25, 0.3) is 22.4 Å². The molecule has 3 aromatic heterocycles. The number of carbonyl (C=O) groups excluding carboxylic acids is 1. The van der Waals surface area contributed by atoms with Gasteiger partial charge in [-0.1, -0.05) is 5.16 Å². The molecule has 0 atom stereocenters. The number of aryl methyl sites for hydroxylation is 2. The molecule has 0 fully saturated rings. The molecule has 0 aliphatic heterocycles. The number of carbonyl (C=O) groups is 1. The molecular formula is C20H17FN6O4. The minimum atomic E-state index is -0.499. The molecule has 1 N–H and O–H groups in total. The molecule has 0 saturated carbocycles. The summed E-state index contributed by atoms with van der Waals surface area (Å²) in [6.07, 6.45) is 1.62. The molecule has 0 saturated heterocycles. The molecule has 0 aliphatic carbocycles. The van der Waals surface area contributed by atoms with Crippen molar-refractivity contribution in [2.24, 2.45) is 14.1 Å². The quantitative estimate of drug-likeness (QED) is 0.513. The topological polar surface area (TPSA) is 125 Å². The van der Waals surface area contributed by atoms with Gasteiger partial charge < -0.3 is 9.84 Å². The van der Waals surface area contributed by atoms with Crippen LogP contribution in [0.4, 0.5) is 10.1 Å². The highest BCUT2D eigenvalue weighted by Gasteiger charge is 2.13. The molecule has 0 unspecified atom stereocenters. The Morgan fingerprint density at radius 2 is 1.90 bits per heavy atom. The fourth-order valence-electron chi connectivity index (χ4n) is 3.05. The van der Waals surface area contributed by atoms with Crippen molar-refractivity contribution in [1.29, 1.82) is 0 Å². The highest BCUT2D eigenvalue weighted by molar-refractivity contribution is 5.92. The van der Waals surface area contributed by atoms with Gasteiger partial charge in [-0.05, 0) is 30.3 Å². The van der Waals surface area contributed by atoms with Crippen molar-refractivity contribution in [2.75, 3.05) is 5.32 Å². The van der Waals surface area contributed by atoms with Gasteiger partial charge in [-0.3, -0.25) is 18.7 Å². The number of hydrogen-bond acceptors (Lipinski definition) is 7. The van der Waals surface area contributed by atoms with Crippen LogP contribution in [-0.4, -0.2) is 30.2 Å². The molecule has 4 aromatic rings. The van der Waals surface area contributed by atoms with Crippen LogP contribution in [0.5, 0.6) is 0 Å². The van der Waals surface area contributed by atoms with E-state index in [-0.39, 0.29) is 41.5 Å². The summed E-state index contributed by atoms with van der Waals surface area (Å²) >= 11 is 0. The third kappa shape index (κ3) is 3.97. The standard InChI is InChI=1S/C20H17FN6O4/c1-26-18-14(19(29)27(2)20(26)30)9-13(10-22-18)23-15(28)7-8-16-24-17(25-31-16)11-3-5-12(21)6-4-11/h3-6,9-10H,7-8H2,1-2H3,(H,23,28). The van der Waals surface area contributed by atoms with E-state index in [0.717, 1.165) is 4.57 Å². The van der Waals surface area contributed by atoms with E-state index in [1.54, 1.807) is 0 Å². The Morgan fingerprint density at radius 3 is 2.65 bits per heavy atom. The van der Waals surface area contributed by atoms with Gasteiger partial charge in [-0.15, -0.1) is 0 Å². The molecule has 1 amide bonds. The van der Waals surface area contributed by atoms with Crippen molar-refractivity contribution in [1.82, 2.24) is 24.3 Å². The monoisotopic (exact) mass is 424 g/mol. The Kier molecular flexibility index (Phi) is 5.15. The third-order valence-electron chi connectivity index (χ3n) is 4.71. The number of aromatic nitrogens is 5. The number of amides is 1. The summed E-state index contributed by atoms with van der Waals surface area (Å²) in [5.41, 5.74) is 0.164. The van der Waals surface area contributed by atoms with Crippen LogP contribution in [-0.2, 0) is 25.3 Å². The Bertz CT molecular complexity index is 1400. The normalized spacial score (nSPS) is 11.1. The molecule has 158 valence electrons. The van der Waals surface area contributed by atoms with Gasteiger partial charge >= 0.3 is 5.69 Å². The molecule has 10 nitrogen and oxygen atoms in total. The average Bonchev–Trinajstić information content (AvgIpc) is 3.24. The first kappa shape index (κ1) is 20.1. The fourth-order valence-corrected chi connectivity index (χ4v) is 3.05. The van der Waals surface area contributed by atoms with Crippen LogP contribution in [0.1, 0.15) is 12.3 Å². The second-order valence-electron chi connectivity index (χ2n) is 6.87. The molecule has 1 aromatic carbocycles. The minimum absolute atomic E-state index is 0.0500. The number of halogens is 1. The zero-order chi connectivity index (χ0) is 22.1. The number of nitrogens with one attached hydrogen (secondary N) is 1. The molecule has 0 aliphatic rings. The van der Waals surface area contributed by atoms with E-state index in [4.69, 9.17) is 4.52 Å². The van der Waals surface area contributed by atoms with Crippen LogP contribution in [0, 0.1) is 5.82 Å². The Labute approximate surface area is 174 Å². The summed E-state index contributed by atoms with van der Waals surface area (Å²) in [6.45, 7) is 0. The summed E-state index contributed by atoms with van der Waals surface area (Å²) in [5, 5.41) is 6.70. The third-order valence-corrected chi connectivity index (χ3v) is 4.71. The lowest BCUT2D eigenvalue weighted by Crippen LogP contribution is -2.37. The fraction of sp³-hybridized carbons (Fsp3) is 0.200. The summed E-state index contributed by atoms with van der Waals surface area (Å²) in [4.78, 5) is 44.9. The van der Waals surface area contributed by atoms with Gasteiger partial charge in [0.1, 0.15) is 11.5 Å². The number of pyridine rings is 1. The first-order valence-electron chi connectivity index (χ1n) is 9.27. The largest absolute Gasteiger partial charge is 0.339 e. The number of benzene rings is 1. The molecular weight excluding hydrogens is 407 g/mol. The lowest BCUT2D eigenvalue weighted by atomic mass is 10.2. The zero-order valence-corrected chi connectivity index (χ0v) is 16.6.